The van der Waals surface area contributed by atoms with Crippen LogP contribution >= 0.6 is 0 Å². The number of hydrogen-bond donors (Lipinski definition) is 0. The fourth-order valence-electron chi connectivity index (χ4n) is 3.23. The van der Waals surface area contributed by atoms with Crippen LogP contribution in [0, 0.1) is 0 Å². The molecule has 0 aliphatic heterocycles. The lowest BCUT2D eigenvalue weighted by Gasteiger charge is -2.26. The molecule has 0 N–H and O–H groups in total. The maximum atomic E-state index is 10.9. The fourth-order valence-corrected chi connectivity index (χ4v) is 3.97. The van der Waals surface area contributed by atoms with Crippen LogP contribution in [0.25, 0.3) is 0 Å². The molecule has 0 bridgehead atoms. The Hall–Kier alpha value is -2.22. The molecule has 0 fully saturated rings. The molecule has 0 radical (unpaired) electrons. The molecule has 0 heterocycles. The smallest absolute Gasteiger partial charge is 0.264 e. The normalized spacial score (nSPS) is 12.4. The van der Waals surface area contributed by atoms with Crippen molar-refractivity contribution in [3.63, 3.8) is 0 Å². The molecule has 0 saturated heterocycles. The summed E-state index contributed by atoms with van der Waals surface area (Å²) >= 11 is 0. The molecule has 0 amide bonds. The van der Waals surface area contributed by atoms with Gasteiger partial charge in [-0.05, 0) is 35.4 Å². The Kier molecular flexibility index (Phi) is 12.3. The Balaban J connectivity index is 1.73. The van der Waals surface area contributed by atoms with Crippen molar-refractivity contribution in [2.45, 2.75) is 19.3 Å². The topological polar surface area (TPSA) is 124 Å². The minimum atomic E-state index is -3.45. The van der Waals surface area contributed by atoms with Gasteiger partial charge in [-0.15, -0.1) is 0 Å². The number of hydrogen-bond acceptors (Lipinski definition) is 10. The van der Waals surface area contributed by atoms with E-state index in [0.717, 1.165) is 23.6 Å². The van der Waals surface area contributed by atoms with E-state index in [9.17, 15) is 16.8 Å². The quantitative estimate of drug-likeness (QED) is 0.199. The lowest BCUT2D eigenvalue weighted by Crippen LogP contribution is -2.19. The Morgan fingerprint density at radius 3 is 1.19 bits per heavy atom. The van der Waals surface area contributed by atoms with Gasteiger partial charge >= 0.3 is 0 Å². The standard InChI is InChI=1S/C25H36O10S2/c1-25(2,21-5-9-23(10-6-21)32-17-13-30-15-19-34-36(3,26)27)22-7-11-24(12-8-22)33-18-14-31-16-20-35-37(4,28)29/h5-12H,13-20H2,1-4H3. The van der Waals surface area contributed by atoms with E-state index in [4.69, 9.17) is 18.9 Å². The lowest BCUT2D eigenvalue weighted by molar-refractivity contribution is 0.0781. The van der Waals surface area contributed by atoms with Crippen molar-refractivity contribution in [2.75, 3.05) is 65.4 Å². The maximum absolute atomic E-state index is 10.9. The van der Waals surface area contributed by atoms with Crippen LogP contribution in [-0.4, -0.2) is 82.2 Å². The average molecular weight is 561 g/mol. The molecular formula is C25H36O10S2. The van der Waals surface area contributed by atoms with Gasteiger partial charge in [0.05, 0.1) is 52.2 Å². The summed E-state index contributed by atoms with van der Waals surface area (Å²) in [5, 5.41) is 0. The van der Waals surface area contributed by atoms with Crippen molar-refractivity contribution >= 4 is 20.2 Å². The van der Waals surface area contributed by atoms with Crippen LogP contribution in [0.5, 0.6) is 11.5 Å². The van der Waals surface area contributed by atoms with Gasteiger partial charge in [-0.2, -0.15) is 16.8 Å². The zero-order valence-corrected chi connectivity index (χ0v) is 23.3. The monoisotopic (exact) mass is 560 g/mol. The first-order valence-electron chi connectivity index (χ1n) is 11.7. The van der Waals surface area contributed by atoms with Gasteiger partial charge in [0.2, 0.25) is 0 Å². The van der Waals surface area contributed by atoms with Crippen molar-refractivity contribution in [2.24, 2.45) is 0 Å². The van der Waals surface area contributed by atoms with Gasteiger partial charge in [-0.1, -0.05) is 38.1 Å². The molecule has 0 unspecified atom stereocenters. The summed E-state index contributed by atoms with van der Waals surface area (Å²) in [5.74, 6) is 1.42. The van der Waals surface area contributed by atoms with Crippen molar-refractivity contribution in [1.29, 1.82) is 0 Å². The zero-order valence-electron chi connectivity index (χ0n) is 21.7. The Bertz CT molecular complexity index is 1050. The highest BCUT2D eigenvalue weighted by atomic mass is 32.2. The van der Waals surface area contributed by atoms with Crippen LogP contribution in [0.2, 0.25) is 0 Å². The molecule has 0 atom stereocenters. The van der Waals surface area contributed by atoms with Gasteiger partial charge in [0.1, 0.15) is 24.7 Å². The molecule has 0 aliphatic carbocycles. The predicted octanol–water partition coefficient (Wildman–Crippen LogP) is 2.76. The molecule has 12 heteroatoms. The maximum Gasteiger partial charge on any atom is 0.264 e. The summed E-state index contributed by atoms with van der Waals surface area (Å²) in [7, 11) is -6.90. The summed E-state index contributed by atoms with van der Waals surface area (Å²) in [4.78, 5) is 0. The summed E-state index contributed by atoms with van der Waals surface area (Å²) < 4.78 is 74.7. The van der Waals surface area contributed by atoms with Crippen LogP contribution in [0.4, 0.5) is 0 Å². The molecule has 0 saturated carbocycles. The molecule has 2 aromatic carbocycles. The summed E-state index contributed by atoms with van der Waals surface area (Å²) in [6.45, 7) is 5.88. The Morgan fingerprint density at radius 1 is 0.541 bits per heavy atom. The molecule has 0 spiro atoms. The van der Waals surface area contributed by atoms with Crippen LogP contribution in [0.3, 0.4) is 0 Å². The first-order valence-corrected chi connectivity index (χ1v) is 15.3. The van der Waals surface area contributed by atoms with E-state index < -0.39 is 20.2 Å². The molecule has 10 nitrogen and oxygen atoms in total. The molecule has 2 aromatic rings. The molecule has 2 rings (SSSR count). The van der Waals surface area contributed by atoms with Crippen molar-refractivity contribution < 1.29 is 44.1 Å². The predicted molar refractivity (Wildman–Crippen MR) is 139 cm³/mol. The summed E-state index contributed by atoms with van der Waals surface area (Å²) in [5.41, 5.74) is 1.99. The van der Waals surface area contributed by atoms with E-state index in [1.807, 2.05) is 48.5 Å². The highest BCUT2D eigenvalue weighted by Gasteiger charge is 2.23. The molecule has 208 valence electrons. The van der Waals surface area contributed by atoms with Crippen LogP contribution in [0.15, 0.2) is 48.5 Å². The second-order valence-electron chi connectivity index (χ2n) is 8.65. The van der Waals surface area contributed by atoms with E-state index >= 15 is 0 Å². The fraction of sp³-hybridized carbons (Fsp3) is 0.520. The Labute approximate surface area is 220 Å². The first kappa shape index (κ1) is 31.0. The van der Waals surface area contributed by atoms with E-state index in [1.165, 1.54) is 0 Å². The van der Waals surface area contributed by atoms with E-state index in [1.54, 1.807) is 0 Å². The van der Waals surface area contributed by atoms with Gasteiger partial charge in [0.15, 0.2) is 0 Å². The molecule has 37 heavy (non-hydrogen) atoms. The first-order chi connectivity index (χ1) is 17.4. The van der Waals surface area contributed by atoms with Crippen molar-refractivity contribution in [1.82, 2.24) is 0 Å². The average Bonchev–Trinajstić information content (AvgIpc) is 2.82. The third-order valence-corrected chi connectivity index (χ3v) is 6.38. The second kappa shape index (κ2) is 14.6. The van der Waals surface area contributed by atoms with E-state index in [-0.39, 0.29) is 31.8 Å². The highest BCUT2D eigenvalue weighted by Crippen LogP contribution is 2.33. The molecular weight excluding hydrogens is 524 g/mol. The van der Waals surface area contributed by atoms with Gasteiger partial charge in [0, 0.05) is 5.41 Å². The second-order valence-corrected chi connectivity index (χ2v) is 11.9. The SMILES string of the molecule is CC(C)(c1ccc(OCCOCCOS(C)(=O)=O)cc1)c1ccc(OCCOCCOS(C)(=O)=O)cc1. The number of benzene rings is 2. The van der Waals surface area contributed by atoms with Crippen molar-refractivity contribution in [3.05, 3.63) is 59.7 Å². The van der Waals surface area contributed by atoms with E-state index in [0.29, 0.717) is 37.9 Å². The lowest BCUT2D eigenvalue weighted by atomic mass is 9.78. The van der Waals surface area contributed by atoms with Gasteiger partial charge in [-0.3, -0.25) is 8.37 Å². The van der Waals surface area contributed by atoms with Gasteiger partial charge in [0.25, 0.3) is 20.2 Å². The van der Waals surface area contributed by atoms with Gasteiger partial charge in [-0.25, -0.2) is 0 Å². The highest BCUT2D eigenvalue weighted by molar-refractivity contribution is 7.86. The minimum absolute atomic E-state index is 0.0189. The summed E-state index contributed by atoms with van der Waals surface area (Å²) in [6.07, 6.45) is 1.99. The van der Waals surface area contributed by atoms with Crippen LogP contribution < -0.4 is 9.47 Å². The van der Waals surface area contributed by atoms with Crippen LogP contribution in [-0.2, 0) is 43.5 Å². The zero-order chi connectivity index (χ0) is 27.4. The van der Waals surface area contributed by atoms with Crippen molar-refractivity contribution in [3.8, 4) is 11.5 Å². The third kappa shape index (κ3) is 12.7. The van der Waals surface area contributed by atoms with E-state index in [2.05, 4.69) is 22.2 Å². The Morgan fingerprint density at radius 2 is 0.865 bits per heavy atom. The molecule has 0 aliphatic rings. The van der Waals surface area contributed by atoms with Gasteiger partial charge < -0.3 is 18.9 Å². The van der Waals surface area contributed by atoms with Crippen LogP contribution in [0.1, 0.15) is 25.0 Å². The number of ether oxygens (including phenoxy) is 4. The molecule has 0 aromatic heterocycles. The summed E-state index contributed by atoms with van der Waals surface area (Å²) in [6, 6.07) is 15.7. The third-order valence-electron chi connectivity index (χ3n) is 5.19. The minimum Gasteiger partial charge on any atom is -0.491 e. The largest absolute Gasteiger partial charge is 0.491 e. The number of rotatable bonds is 18.